The van der Waals surface area contributed by atoms with Crippen LogP contribution < -0.4 is 0 Å². The molecule has 0 aromatic heterocycles. The van der Waals surface area contributed by atoms with Gasteiger partial charge in [0.25, 0.3) is 0 Å². The molecule has 3 heteroatoms. The topological polar surface area (TPSA) is 44.1 Å². The van der Waals surface area contributed by atoms with Crippen molar-refractivity contribution in [2.75, 3.05) is 13.1 Å². The molecule has 3 nitrogen and oxygen atoms in total. The van der Waals surface area contributed by atoms with Crippen molar-refractivity contribution >= 4 is 5.91 Å². The number of likely N-dealkylation sites (tertiary alicyclic amines) is 1. The molecule has 2 aliphatic rings. The minimum atomic E-state index is 0.163. The second-order valence-electron chi connectivity index (χ2n) is 5.82. The smallest absolute Gasteiger partial charge is 0.222 e. The van der Waals surface area contributed by atoms with Gasteiger partial charge in [-0.3, -0.25) is 4.79 Å². The highest BCUT2D eigenvalue weighted by Crippen LogP contribution is 2.49. The van der Waals surface area contributed by atoms with Gasteiger partial charge < -0.3 is 4.90 Å². The quantitative estimate of drug-likeness (QED) is 0.729. The standard InChI is InChI=1S/C13H20N2O/c1-10(2)11-7-12(16)15(8-11)9-13(3-4-13)5-6-14/h10-11H,3-5,7-9H2,1-2H3. The van der Waals surface area contributed by atoms with Gasteiger partial charge in [-0.1, -0.05) is 13.8 Å². The van der Waals surface area contributed by atoms with E-state index in [1.165, 1.54) is 0 Å². The highest BCUT2D eigenvalue weighted by atomic mass is 16.2. The van der Waals surface area contributed by atoms with Gasteiger partial charge in [-0.25, -0.2) is 0 Å². The molecule has 16 heavy (non-hydrogen) atoms. The first-order valence-electron chi connectivity index (χ1n) is 6.21. The fourth-order valence-corrected chi connectivity index (χ4v) is 2.54. The van der Waals surface area contributed by atoms with Crippen molar-refractivity contribution in [3.8, 4) is 6.07 Å². The Hall–Kier alpha value is -1.04. The van der Waals surface area contributed by atoms with Crippen LogP contribution in [0.4, 0.5) is 0 Å². The van der Waals surface area contributed by atoms with Crippen LogP contribution >= 0.6 is 0 Å². The van der Waals surface area contributed by atoms with Gasteiger partial charge in [-0.05, 0) is 24.7 Å². The molecule has 0 spiro atoms. The van der Waals surface area contributed by atoms with Gasteiger partial charge in [0.2, 0.25) is 5.91 Å². The summed E-state index contributed by atoms with van der Waals surface area (Å²) in [6, 6.07) is 2.26. The Bertz CT molecular complexity index is 325. The Morgan fingerprint density at radius 1 is 1.56 bits per heavy atom. The third-order valence-corrected chi connectivity index (χ3v) is 4.12. The van der Waals surface area contributed by atoms with Crippen LogP contribution in [0, 0.1) is 28.6 Å². The number of hydrogen-bond acceptors (Lipinski definition) is 2. The van der Waals surface area contributed by atoms with Crippen molar-refractivity contribution in [3.63, 3.8) is 0 Å². The number of carbonyl (C=O) groups is 1. The van der Waals surface area contributed by atoms with Crippen LogP contribution in [-0.4, -0.2) is 23.9 Å². The lowest BCUT2D eigenvalue weighted by Crippen LogP contribution is -2.32. The van der Waals surface area contributed by atoms with E-state index in [9.17, 15) is 4.79 Å². The summed E-state index contributed by atoms with van der Waals surface area (Å²) in [6.07, 6.45) is 3.57. The van der Waals surface area contributed by atoms with Crippen LogP contribution in [0.15, 0.2) is 0 Å². The lowest BCUT2D eigenvalue weighted by atomic mass is 9.95. The van der Waals surface area contributed by atoms with E-state index in [1.54, 1.807) is 0 Å². The maximum atomic E-state index is 11.8. The van der Waals surface area contributed by atoms with Crippen molar-refractivity contribution in [1.29, 1.82) is 5.26 Å². The van der Waals surface area contributed by atoms with Crippen molar-refractivity contribution in [2.45, 2.75) is 39.5 Å². The summed E-state index contributed by atoms with van der Waals surface area (Å²) in [4.78, 5) is 13.8. The van der Waals surface area contributed by atoms with E-state index >= 15 is 0 Å². The van der Waals surface area contributed by atoms with E-state index in [0.717, 1.165) is 25.9 Å². The van der Waals surface area contributed by atoms with Gasteiger partial charge in [0, 0.05) is 31.3 Å². The van der Waals surface area contributed by atoms with Crippen LogP contribution in [0.5, 0.6) is 0 Å². The fraction of sp³-hybridized carbons (Fsp3) is 0.846. The molecule has 1 heterocycles. The molecule has 88 valence electrons. The summed E-state index contributed by atoms with van der Waals surface area (Å²) in [5.74, 6) is 1.40. The summed E-state index contributed by atoms with van der Waals surface area (Å²) in [5, 5.41) is 8.77. The molecule has 0 aromatic rings. The van der Waals surface area contributed by atoms with E-state index in [-0.39, 0.29) is 5.41 Å². The van der Waals surface area contributed by atoms with E-state index in [2.05, 4.69) is 19.9 Å². The third kappa shape index (κ3) is 2.21. The lowest BCUT2D eigenvalue weighted by Gasteiger charge is -2.22. The van der Waals surface area contributed by atoms with Gasteiger partial charge >= 0.3 is 0 Å². The molecule has 1 aliphatic carbocycles. The number of rotatable bonds is 4. The highest BCUT2D eigenvalue weighted by molar-refractivity contribution is 5.78. The zero-order chi connectivity index (χ0) is 11.8. The Balaban J connectivity index is 1.92. The van der Waals surface area contributed by atoms with Gasteiger partial charge in [-0.2, -0.15) is 5.26 Å². The van der Waals surface area contributed by atoms with Gasteiger partial charge in [0.1, 0.15) is 0 Å². The Kier molecular flexibility index (Phi) is 2.92. The Morgan fingerprint density at radius 3 is 2.69 bits per heavy atom. The molecule has 1 atom stereocenters. The van der Waals surface area contributed by atoms with Crippen LogP contribution in [-0.2, 0) is 4.79 Å². The van der Waals surface area contributed by atoms with Crippen LogP contribution in [0.3, 0.4) is 0 Å². The minimum Gasteiger partial charge on any atom is -0.342 e. The van der Waals surface area contributed by atoms with E-state index in [4.69, 9.17) is 5.26 Å². The Morgan fingerprint density at radius 2 is 2.25 bits per heavy atom. The SMILES string of the molecule is CC(C)C1CC(=O)N(CC2(CC#N)CC2)C1. The fourth-order valence-electron chi connectivity index (χ4n) is 2.54. The van der Waals surface area contributed by atoms with Gasteiger partial charge in [-0.15, -0.1) is 0 Å². The third-order valence-electron chi connectivity index (χ3n) is 4.12. The summed E-state index contributed by atoms with van der Waals surface area (Å²) in [6.45, 7) is 6.10. The first kappa shape index (κ1) is 11.4. The average Bonchev–Trinajstić information content (AvgIpc) is 2.86. The van der Waals surface area contributed by atoms with Gasteiger partial charge in [0.15, 0.2) is 0 Å². The number of nitrogens with zero attached hydrogens (tertiary/aromatic N) is 2. The van der Waals surface area contributed by atoms with Crippen molar-refractivity contribution in [2.24, 2.45) is 17.3 Å². The maximum Gasteiger partial charge on any atom is 0.222 e. The maximum absolute atomic E-state index is 11.8. The van der Waals surface area contributed by atoms with E-state index < -0.39 is 0 Å². The normalized spacial score (nSPS) is 27.2. The Labute approximate surface area is 97.4 Å². The van der Waals surface area contributed by atoms with Crippen molar-refractivity contribution < 1.29 is 4.79 Å². The van der Waals surface area contributed by atoms with Crippen molar-refractivity contribution in [1.82, 2.24) is 4.90 Å². The van der Waals surface area contributed by atoms with Crippen molar-refractivity contribution in [3.05, 3.63) is 0 Å². The highest BCUT2D eigenvalue weighted by Gasteiger charge is 2.46. The molecule has 1 unspecified atom stereocenters. The van der Waals surface area contributed by atoms with Gasteiger partial charge in [0.05, 0.1) is 6.07 Å². The largest absolute Gasteiger partial charge is 0.342 e. The summed E-state index contributed by atoms with van der Waals surface area (Å²) >= 11 is 0. The summed E-state index contributed by atoms with van der Waals surface area (Å²) in [5.41, 5.74) is 0.163. The van der Waals surface area contributed by atoms with E-state index in [1.807, 2.05) is 4.90 Å². The molecule has 2 rings (SSSR count). The molecule has 1 aliphatic heterocycles. The minimum absolute atomic E-state index is 0.163. The second kappa shape index (κ2) is 4.08. The van der Waals surface area contributed by atoms with E-state index in [0.29, 0.717) is 30.6 Å². The predicted molar refractivity (Wildman–Crippen MR) is 61.4 cm³/mol. The number of hydrogen-bond donors (Lipinski definition) is 0. The van der Waals surface area contributed by atoms with Crippen LogP contribution in [0.2, 0.25) is 0 Å². The molecule has 0 N–H and O–H groups in total. The molecule has 1 saturated heterocycles. The van der Waals surface area contributed by atoms with Crippen LogP contribution in [0.25, 0.3) is 0 Å². The van der Waals surface area contributed by atoms with Crippen LogP contribution in [0.1, 0.15) is 39.5 Å². The second-order valence-corrected chi connectivity index (χ2v) is 5.82. The number of nitriles is 1. The molecule has 1 amide bonds. The average molecular weight is 220 g/mol. The molecule has 0 bridgehead atoms. The molecule has 0 radical (unpaired) electrons. The summed E-state index contributed by atoms with van der Waals surface area (Å²) < 4.78 is 0. The molecular weight excluding hydrogens is 200 g/mol. The first-order valence-corrected chi connectivity index (χ1v) is 6.21. The molecular formula is C13H20N2O. The predicted octanol–water partition coefficient (Wildman–Crippen LogP) is 2.18. The number of carbonyl (C=O) groups excluding carboxylic acids is 1. The molecule has 0 aromatic carbocycles. The first-order chi connectivity index (χ1) is 7.56. The zero-order valence-corrected chi connectivity index (χ0v) is 10.2. The zero-order valence-electron chi connectivity index (χ0n) is 10.2. The number of amides is 1. The summed E-state index contributed by atoms with van der Waals surface area (Å²) in [7, 11) is 0. The monoisotopic (exact) mass is 220 g/mol. The molecule has 1 saturated carbocycles. The lowest BCUT2D eigenvalue weighted by molar-refractivity contribution is -0.128. The molecule has 2 fully saturated rings.